The molecular weight excluding hydrogens is 380 g/mol. The van der Waals surface area contributed by atoms with Gasteiger partial charge in [0, 0.05) is 11.8 Å². The Morgan fingerprint density at radius 3 is 2.19 bits per heavy atom. The van der Waals surface area contributed by atoms with Crippen LogP contribution in [0.15, 0.2) is 24.3 Å². The van der Waals surface area contributed by atoms with Gasteiger partial charge in [0.2, 0.25) is 11.8 Å². The average Bonchev–Trinajstić information content (AvgIpc) is 2.60. The van der Waals surface area contributed by atoms with Gasteiger partial charge in [-0.2, -0.15) is 17.7 Å². The van der Waals surface area contributed by atoms with Crippen LogP contribution in [0.3, 0.4) is 0 Å². The van der Waals surface area contributed by atoms with E-state index in [0.717, 1.165) is 0 Å². The Morgan fingerprint density at radius 2 is 1.70 bits per heavy atom. The number of para-hydroxylation sites is 1. The number of nitrogens with zero attached hydrogens (tertiary/aromatic N) is 3. The highest BCUT2D eigenvalue weighted by Crippen LogP contribution is 2.39. The maximum atomic E-state index is 12.7. The number of nitrogens with one attached hydrogen (secondary N) is 1. The summed E-state index contributed by atoms with van der Waals surface area (Å²) in [4.78, 5) is 20.5. The van der Waals surface area contributed by atoms with E-state index in [4.69, 9.17) is 14.2 Å². The second-order valence-electron chi connectivity index (χ2n) is 5.06. The molecule has 0 radical (unpaired) electrons. The molecule has 0 bridgehead atoms. The minimum absolute atomic E-state index is 0.0233. The minimum atomic E-state index is -5.05. The molecule has 0 aliphatic rings. The molecule has 2 rings (SSSR count). The van der Waals surface area contributed by atoms with Gasteiger partial charge in [-0.15, -0.1) is 0 Å². The Balaban J connectivity index is 2.53. The fourth-order valence-corrected chi connectivity index (χ4v) is 2.87. The highest BCUT2D eigenvalue weighted by Gasteiger charge is 2.33. The van der Waals surface area contributed by atoms with E-state index in [1.54, 1.807) is 6.92 Å². The molecule has 0 saturated heterocycles. The number of ether oxygens (including phenoxy) is 3. The van der Waals surface area contributed by atoms with Crippen LogP contribution in [-0.2, 0) is 10.3 Å². The van der Waals surface area contributed by atoms with Gasteiger partial charge in [-0.25, -0.2) is 9.78 Å². The third kappa shape index (κ3) is 4.54. The largest absolute Gasteiger partial charge is 0.494 e. The highest BCUT2D eigenvalue weighted by molar-refractivity contribution is 7.88. The number of anilines is 2. The third-order valence-corrected chi connectivity index (χ3v) is 4.09. The standard InChI is InChI=1S/C15H18N4O7S/c1-9-8-12(26-4)17-14(16-9)18-15(20)19(27(21,22)23)13-10(24-2)6-5-7-11(13)25-3/h5-8H,1-4H3,(H,21,22,23)(H,16,17,18,20). The van der Waals surface area contributed by atoms with E-state index in [-0.39, 0.29) is 33.3 Å². The summed E-state index contributed by atoms with van der Waals surface area (Å²) in [6, 6.07) is 4.58. The molecule has 12 heteroatoms. The molecule has 2 N–H and O–H groups in total. The number of hydrogen-bond donors (Lipinski definition) is 2. The molecule has 0 aliphatic heterocycles. The summed E-state index contributed by atoms with van der Waals surface area (Å²) < 4.78 is 48.8. The van der Waals surface area contributed by atoms with Gasteiger partial charge in [0.15, 0.2) is 0 Å². The molecule has 146 valence electrons. The van der Waals surface area contributed by atoms with Crippen molar-refractivity contribution in [3.63, 3.8) is 0 Å². The predicted octanol–water partition coefficient (Wildman–Crippen LogP) is 1.65. The minimum Gasteiger partial charge on any atom is -0.494 e. The summed E-state index contributed by atoms with van der Waals surface area (Å²) in [5.74, 6) is -0.111. The van der Waals surface area contributed by atoms with Gasteiger partial charge in [-0.05, 0) is 19.1 Å². The van der Waals surface area contributed by atoms with Gasteiger partial charge >= 0.3 is 16.3 Å². The molecule has 1 aromatic heterocycles. The van der Waals surface area contributed by atoms with Crippen molar-refractivity contribution in [3.05, 3.63) is 30.0 Å². The zero-order valence-electron chi connectivity index (χ0n) is 15.0. The first-order valence-electron chi connectivity index (χ1n) is 7.40. The second-order valence-corrected chi connectivity index (χ2v) is 6.32. The molecule has 0 unspecified atom stereocenters. The lowest BCUT2D eigenvalue weighted by Gasteiger charge is -2.23. The van der Waals surface area contributed by atoms with E-state index in [1.165, 1.54) is 45.6 Å². The Bertz CT molecular complexity index is 927. The van der Waals surface area contributed by atoms with Crippen molar-refractivity contribution in [2.45, 2.75) is 6.92 Å². The molecule has 27 heavy (non-hydrogen) atoms. The van der Waals surface area contributed by atoms with Crippen molar-refractivity contribution in [3.8, 4) is 17.4 Å². The van der Waals surface area contributed by atoms with Crippen LogP contribution in [-0.4, -0.2) is 50.3 Å². The number of urea groups is 1. The number of carbonyl (C=O) groups excluding carboxylic acids is 1. The number of carbonyl (C=O) groups is 1. The SMILES string of the molecule is COc1cc(C)nc(NC(=O)N(c2c(OC)cccc2OC)S(=O)(=O)O)n1. The van der Waals surface area contributed by atoms with E-state index in [0.29, 0.717) is 5.69 Å². The van der Waals surface area contributed by atoms with E-state index in [2.05, 4.69) is 15.3 Å². The van der Waals surface area contributed by atoms with Crippen LogP contribution in [0.5, 0.6) is 17.4 Å². The van der Waals surface area contributed by atoms with Crippen molar-refractivity contribution < 1.29 is 32.0 Å². The molecule has 2 aromatic rings. The quantitative estimate of drug-likeness (QED) is 0.695. The number of aromatic nitrogens is 2. The number of methoxy groups -OCH3 is 3. The lowest BCUT2D eigenvalue weighted by atomic mass is 10.2. The van der Waals surface area contributed by atoms with Crippen LogP contribution in [0.25, 0.3) is 0 Å². The number of hydrogen-bond acceptors (Lipinski definition) is 8. The lowest BCUT2D eigenvalue weighted by molar-refractivity contribution is 0.258. The Morgan fingerprint density at radius 1 is 1.11 bits per heavy atom. The van der Waals surface area contributed by atoms with Crippen molar-refractivity contribution in [1.82, 2.24) is 9.97 Å². The van der Waals surface area contributed by atoms with Gasteiger partial charge < -0.3 is 14.2 Å². The Hall–Kier alpha value is -3.12. The average molecular weight is 398 g/mol. The smallest absolute Gasteiger partial charge is 0.368 e. The van der Waals surface area contributed by atoms with Crippen LogP contribution >= 0.6 is 0 Å². The molecular formula is C15H18N4O7S. The van der Waals surface area contributed by atoms with E-state index < -0.39 is 16.3 Å². The summed E-state index contributed by atoms with van der Waals surface area (Å²) in [7, 11) is -1.14. The highest BCUT2D eigenvalue weighted by atomic mass is 32.2. The molecule has 2 amide bonds. The van der Waals surface area contributed by atoms with Crippen LogP contribution in [0.4, 0.5) is 16.4 Å². The number of aryl methyl sites for hydroxylation is 1. The van der Waals surface area contributed by atoms with Crippen LogP contribution in [0, 0.1) is 6.92 Å². The fourth-order valence-electron chi connectivity index (χ4n) is 2.20. The van der Waals surface area contributed by atoms with Gasteiger partial charge in [-0.1, -0.05) is 6.07 Å². The van der Waals surface area contributed by atoms with Crippen molar-refractivity contribution in [2.75, 3.05) is 31.0 Å². The first-order valence-corrected chi connectivity index (χ1v) is 8.80. The van der Waals surface area contributed by atoms with Crippen molar-refractivity contribution >= 4 is 28.0 Å². The predicted molar refractivity (Wildman–Crippen MR) is 95.9 cm³/mol. The van der Waals surface area contributed by atoms with Gasteiger partial charge in [0.1, 0.15) is 17.2 Å². The molecule has 0 atom stereocenters. The monoisotopic (exact) mass is 398 g/mol. The number of benzene rings is 1. The lowest BCUT2D eigenvalue weighted by Crippen LogP contribution is -2.40. The summed E-state index contributed by atoms with van der Waals surface area (Å²) in [5, 5.41) is 2.20. The summed E-state index contributed by atoms with van der Waals surface area (Å²) in [6.07, 6.45) is 0. The normalized spacial score (nSPS) is 10.9. The van der Waals surface area contributed by atoms with Gasteiger partial charge in [0.05, 0.1) is 21.3 Å². The van der Waals surface area contributed by atoms with E-state index in [9.17, 15) is 17.8 Å². The first-order chi connectivity index (χ1) is 12.7. The molecule has 1 heterocycles. The molecule has 0 spiro atoms. The van der Waals surface area contributed by atoms with Crippen LogP contribution < -0.4 is 23.8 Å². The maximum Gasteiger partial charge on any atom is 0.368 e. The maximum absolute atomic E-state index is 12.7. The Kier molecular flexibility index (Phi) is 6.02. The van der Waals surface area contributed by atoms with Gasteiger partial charge in [0.25, 0.3) is 0 Å². The van der Waals surface area contributed by atoms with Crippen LogP contribution in [0.1, 0.15) is 5.69 Å². The van der Waals surface area contributed by atoms with Crippen molar-refractivity contribution in [2.24, 2.45) is 0 Å². The van der Waals surface area contributed by atoms with Gasteiger partial charge in [-0.3, -0.25) is 9.87 Å². The molecule has 0 saturated carbocycles. The zero-order valence-corrected chi connectivity index (χ0v) is 15.8. The Labute approximate surface area is 155 Å². The fraction of sp³-hybridized carbons (Fsp3) is 0.267. The number of rotatable bonds is 6. The second kappa shape index (κ2) is 8.05. The topological polar surface area (TPSA) is 140 Å². The summed E-state index contributed by atoms with van der Waals surface area (Å²) in [6.45, 7) is 1.63. The van der Waals surface area contributed by atoms with Crippen LogP contribution in [0.2, 0.25) is 0 Å². The molecule has 11 nitrogen and oxygen atoms in total. The summed E-state index contributed by atoms with van der Waals surface area (Å²) in [5.41, 5.74) is 0.146. The van der Waals surface area contributed by atoms with E-state index >= 15 is 0 Å². The molecule has 0 aliphatic carbocycles. The summed E-state index contributed by atoms with van der Waals surface area (Å²) >= 11 is 0. The molecule has 1 aromatic carbocycles. The van der Waals surface area contributed by atoms with E-state index in [1.807, 2.05) is 0 Å². The molecule has 0 fully saturated rings. The number of amides is 2. The first kappa shape index (κ1) is 20.2. The third-order valence-electron chi connectivity index (χ3n) is 3.28. The zero-order chi connectivity index (χ0) is 20.2. The van der Waals surface area contributed by atoms with Crippen molar-refractivity contribution in [1.29, 1.82) is 0 Å².